The number of hydroxylamine groups is 2. The van der Waals surface area contributed by atoms with E-state index >= 15 is 0 Å². The summed E-state index contributed by atoms with van der Waals surface area (Å²) >= 11 is 0. The molecule has 0 aromatic heterocycles. The van der Waals surface area contributed by atoms with Crippen LogP contribution < -0.4 is 5.73 Å². The van der Waals surface area contributed by atoms with Crippen LogP contribution in [-0.4, -0.2) is 31.2 Å². The zero-order chi connectivity index (χ0) is 8.15. The number of rotatable bonds is 3. The summed E-state index contributed by atoms with van der Waals surface area (Å²) in [5, 5.41) is 1.17. The molecule has 0 rings (SSSR count). The summed E-state index contributed by atoms with van der Waals surface area (Å²) < 4.78 is 0. The summed E-state index contributed by atoms with van der Waals surface area (Å²) in [6.07, 6.45) is 0.324. The van der Waals surface area contributed by atoms with Gasteiger partial charge in [0.15, 0.2) is 0 Å². The van der Waals surface area contributed by atoms with Crippen LogP contribution in [0.3, 0.4) is 0 Å². The molecule has 4 nitrogen and oxygen atoms in total. The van der Waals surface area contributed by atoms with Gasteiger partial charge in [-0.05, 0) is 6.92 Å². The Kier molecular flexibility index (Phi) is 3.99. The maximum Gasteiger partial charge on any atom is 0.247 e. The molecule has 10 heavy (non-hydrogen) atoms. The van der Waals surface area contributed by atoms with Crippen molar-refractivity contribution in [3.63, 3.8) is 0 Å². The highest BCUT2D eigenvalue weighted by Gasteiger charge is 2.09. The lowest BCUT2D eigenvalue weighted by Crippen LogP contribution is -2.30. The van der Waals surface area contributed by atoms with Gasteiger partial charge in [-0.3, -0.25) is 9.63 Å². The van der Waals surface area contributed by atoms with E-state index in [2.05, 4.69) is 4.84 Å². The zero-order valence-corrected chi connectivity index (χ0v) is 6.63. The molecule has 0 heterocycles. The van der Waals surface area contributed by atoms with Gasteiger partial charge in [-0.15, -0.1) is 0 Å². The Balaban J connectivity index is 3.62. The molecule has 0 fully saturated rings. The first-order valence-corrected chi connectivity index (χ1v) is 3.14. The lowest BCUT2D eigenvalue weighted by atomic mass is 10.2. The Morgan fingerprint density at radius 3 is 2.60 bits per heavy atom. The van der Waals surface area contributed by atoms with Gasteiger partial charge in [0.2, 0.25) is 5.91 Å². The van der Waals surface area contributed by atoms with Crippen LogP contribution in [0.2, 0.25) is 0 Å². The van der Waals surface area contributed by atoms with Crippen molar-refractivity contribution >= 4 is 5.91 Å². The first-order valence-electron chi connectivity index (χ1n) is 3.14. The van der Waals surface area contributed by atoms with Gasteiger partial charge in [0.05, 0.1) is 7.11 Å². The standard InChI is InChI=1S/C6H14N2O2/c1-5(7)4-6(9)8(2)10-3/h5H,4,7H2,1-3H3/t5-/m0/s1. The average Bonchev–Trinajstić information content (AvgIpc) is 1.85. The minimum Gasteiger partial charge on any atom is -0.327 e. The third-order valence-electron chi connectivity index (χ3n) is 1.12. The lowest BCUT2D eigenvalue weighted by molar-refractivity contribution is -0.168. The molecule has 0 aromatic carbocycles. The molecule has 2 N–H and O–H groups in total. The summed E-state index contributed by atoms with van der Waals surface area (Å²) in [6.45, 7) is 1.78. The van der Waals surface area contributed by atoms with Crippen molar-refractivity contribution in [3.8, 4) is 0 Å². The van der Waals surface area contributed by atoms with Gasteiger partial charge in [-0.1, -0.05) is 0 Å². The molecule has 0 aliphatic carbocycles. The van der Waals surface area contributed by atoms with Gasteiger partial charge >= 0.3 is 0 Å². The summed E-state index contributed by atoms with van der Waals surface area (Å²) in [5.74, 6) is -0.0995. The monoisotopic (exact) mass is 146 g/mol. The maximum absolute atomic E-state index is 10.9. The largest absolute Gasteiger partial charge is 0.327 e. The first kappa shape index (κ1) is 9.39. The summed E-state index contributed by atoms with van der Waals surface area (Å²) in [6, 6.07) is -0.106. The molecule has 0 radical (unpaired) electrons. The van der Waals surface area contributed by atoms with Crippen LogP contribution in [0.1, 0.15) is 13.3 Å². The zero-order valence-electron chi connectivity index (χ0n) is 6.63. The van der Waals surface area contributed by atoms with Gasteiger partial charge in [0.1, 0.15) is 0 Å². The highest BCUT2D eigenvalue weighted by atomic mass is 16.7. The highest BCUT2D eigenvalue weighted by Crippen LogP contribution is 1.92. The van der Waals surface area contributed by atoms with Crippen molar-refractivity contribution in [2.75, 3.05) is 14.2 Å². The molecule has 0 saturated carbocycles. The number of carbonyl (C=O) groups excluding carboxylic acids is 1. The van der Waals surface area contributed by atoms with Crippen molar-refractivity contribution in [1.82, 2.24) is 5.06 Å². The van der Waals surface area contributed by atoms with E-state index in [1.807, 2.05) is 0 Å². The molecule has 0 spiro atoms. The van der Waals surface area contributed by atoms with Crippen LogP contribution in [0.4, 0.5) is 0 Å². The van der Waals surface area contributed by atoms with Gasteiger partial charge in [-0.2, -0.15) is 0 Å². The molecule has 0 aromatic rings. The number of amides is 1. The number of hydrogen-bond acceptors (Lipinski definition) is 3. The molecule has 0 unspecified atom stereocenters. The smallest absolute Gasteiger partial charge is 0.247 e. The maximum atomic E-state index is 10.9. The minimum atomic E-state index is -0.106. The van der Waals surface area contributed by atoms with Gasteiger partial charge in [0, 0.05) is 19.5 Å². The SMILES string of the molecule is CON(C)C(=O)C[C@H](C)N. The predicted molar refractivity (Wildman–Crippen MR) is 38.0 cm³/mol. The molecule has 1 atom stereocenters. The first-order chi connectivity index (χ1) is 4.57. The Labute approximate surface area is 60.9 Å². The third kappa shape index (κ3) is 3.42. The van der Waals surface area contributed by atoms with Gasteiger partial charge < -0.3 is 5.73 Å². The van der Waals surface area contributed by atoms with E-state index < -0.39 is 0 Å². The topological polar surface area (TPSA) is 55.6 Å². The van der Waals surface area contributed by atoms with Crippen molar-refractivity contribution in [1.29, 1.82) is 0 Å². The second-order valence-corrected chi connectivity index (χ2v) is 2.26. The van der Waals surface area contributed by atoms with Crippen LogP contribution in [0.5, 0.6) is 0 Å². The molecule has 0 aliphatic rings. The summed E-state index contributed by atoms with van der Waals surface area (Å²) in [4.78, 5) is 15.5. The van der Waals surface area contributed by atoms with E-state index in [4.69, 9.17) is 5.73 Å². The number of nitrogens with two attached hydrogens (primary N) is 1. The molecule has 0 bridgehead atoms. The van der Waals surface area contributed by atoms with E-state index in [9.17, 15) is 4.79 Å². The molecular formula is C6H14N2O2. The number of nitrogens with zero attached hydrogens (tertiary/aromatic N) is 1. The molecule has 0 aliphatic heterocycles. The van der Waals surface area contributed by atoms with E-state index in [1.54, 1.807) is 14.0 Å². The third-order valence-corrected chi connectivity index (χ3v) is 1.12. The van der Waals surface area contributed by atoms with Crippen molar-refractivity contribution in [2.24, 2.45) is 5.73 Å². The van der Waals surface area contributed by atoms with Crippen LogP contribution in [0.25, 0.3) is 0 Å². The Bertz CT molecular complexity index is 114. The molecular weight excluding hydrogens is 132 g/mol. The number of carbonyl (C=O) groups is 1. The Morgan fingerprint density at radius 1 is 1.80 bits per heavy atom. The second kappa shape index (κ2) is 4.24. The van der Waals surface area contributed by atoms with Crippen LogP contribution in [-0.2, 0) is 9.63 Å². The van der Waals surface area contributed by atoms with E-state index in [-0.39, 0.29) is 11.9 Å². The number of hydrogen-bond donors (Lipinski definition) is 1. The lowest BCUT2D eigenvalue weighted by Gasteiger charge is -2.14. The van der Waals surface area contributed by atoms with Crippen LogP contribution in [0.15, 0.2) is 0 Å². The van der Waals surface area contributed by atoms with E-state index in [0.29, 0.717) is 6.42 Å². The minimum absolute atomic E-state index is 0.0995. The van der Waals surface area contributed by atoms with Crippen molar-refractivity contribution < 1.29 is 9.63 Å². The van der Waals surface area contributed by atoms with Gasteiger partial charge in [-0.25, -0.2) is 5.06 Å². The summed E-state index contributed by atoms with van der Waals surface area (Å²) in [5.41, 5.74) is 5.38. The quantitative estimate of drug-likeness (QED) is 0.558. The fraction of sp³-hybridized carbons (Fsp3) is 0.833. The Hall–Kier alpha value is -0.610. The highest BCUT2D eigenvalue weighted by molar-refractivity contribution is 5.75. The second-order valence-electron chi connectivity index (χ2n) is 2.26. The predicted octanol–water partition coefficient (Wildman–Crippen LogP) is -0.256. The van der Waals surface area contributed by atoms with Crippen LogP contribution in [0, 0.1) is 0 Å². The van der Waals surface area contributed by atoms with E-state index in [0.717, 1.165) is 0 Å². The van der Waals surface area contributed by atoms with Gasteiger partial charge in [0.25, 0.3) is 0 Å². The summed E-state index contributed by atoms with van der Waals surface area (Å²) in [7, 11) is 3.00. The van der Waals surface area contributed by atoms with Crippen molar-refractivity contribution in [2.45, 2.75) is 19.4 Å². The van der Waals surface area contributed by atoms with Crippen LogP contribution >= 0.6 is 0 Å². The fourth-order valence-electron chi connectivity index (χ4n) is 0.506. The molecule has 60 valence electrons. The average molecular weight is 146 g/mol. The van der Waals surface area contributed by atoms with E-state index in [1.165, 1.54) is 12.2 Å². The molecule has 1 amide bonds. The normalized spacial score (nSPS) is 12.8. The fourth-order valence-corrected chi connectivity index (χ4v) is 0.506. The molecule has 0 saturated heterocycles. The molecule has 4 heteroatoms. The van der Waals surface area contributed by atoms with Crippen molar-refractivity contribution in [3.05, 3.63) is 0 Å². The Morgan fingerprint density at radius 2 is 2.30 bits per heavy atom.